The number of benzene rings is 1. The number of thiazole rings is 1. The van der Waals surface area contributed by atoms with Crippen LogP contribution in [0.3, 0.4) is 0 Å². The Hall–Kier alpha value is -1.58. The Morgan fingerprint density at radius 3 is 2.56 bits per heavy atom. The minimum atomic E-state index is -3.38. The summed E-state index contributed by atoms with van der Waals surface area (Å²) in [6, 6.07) is 13.6. The van der Waals surface area contributed by atoms with Gasteiger partial charge in [0.25, 0.3) is 0 Å². The van der Waals surface area contributed by atoms with Gasteiger partial charge in [-0.15, -0.1) is 22.7 Å². The number of thiophene rings is 1. The van der Waals surface area contributed by atoms with Gasteiger partial charge in [-0.25, -0.2) is 18.1 Å². The molecule has 3 heterocycles. The van der Waals surface area contributed by atoms with Gasteiger partial charge in [-0.2, -0.15) is 0 Å². The van der Waals surface area contributed by atoms with Crippen molar-refractivity contribution >= 4 is 32.7 Å². The molecule has 0 amide bonds. The molecule has 0 atom stereocenters. The lowest BCUT2D eigenvalue weighted by molar-refractivity contribution is 0.198. The number of rotatable bonds is 6. The standard InChI is InChI=1S/C19H21N3O2S3/c23-27(24,18-7-4-12-25-18)21-16-8-10-22(11-9-16)13-17-14-26-19(20-17)15-5-2-1-3-6-15/h1-7,12,14,16,21H,8-11,13H2. The van der Waals surface area contributed by atoms with Crippen LogP contribution in [-0.4, -0.2) is 37.4 Å². The van der Waals surface area contributed by atoms with E-state index in [9.17, 15) is 8.42 Å². The van der Waals surface area contributed by atoms with E-state index in [0.717, 1.165) is 48.7 Å². The zero-order chi connectivity index (χ0) is 18.7. The summed E-state index contributed by atoms with van der Waals surface area (Å²) in [5.74, 6) is 0. The molecule has 1 saturated heterocycles. The molecule has 3 aromatic rings. The molecule has 0 aliphatic carbocycles. The van der Waals surface area contributed by atoms with E-state index in [1.807, 2.05) is 18.2 Å². The van der Waals surface area contributed by atoms with E-state index in [0.29, 0.717) is 4.21 Å². The van der Waals surface area contributed by atoms with Crippen LogP contribution in [0.5, 0.6) is 0 Å². The maximum absolute atomic E-state index is 12.3. The highest BCUT2D eigenvalue weighted by atomic mass is 32.2. The Bertz CT molecular complexity index is 961. The minimum absolute atomic E-state index is 0.00339. The number of hydrogen-bond donors (Lipinski definition) is 1. The maximum atomic E-state index is 12.3. The van der Waals surface area contributed by atoms with Crippen molar-refractivity contribution in [2.75, 3.05) is 13.1 Å². The second-order valence-corrected chi connectivity index (χ2v) is 10.4. The monoisotopic (exact) mass is 419 g/mol. The lowest BCUT2D eigenvalue weighted by Gasteiger charge is -2.31. The second-order valence-electron chi connectivity index (χ2n) is 6.61. The predicted octanol–water partition coefficient (Wildman–Crippen LogP) is 3.81. The van der Waals surface area contributed by atoms with Gasteiger partial charge in [-0.3, -0.25) is 4.90 Å². The number of nitrogens with zero attached hydrogens (tertiary/aromatic N) is 2. The van der Waals surface area contributed by atoms with E-state index in [1.165, 1.54) is 11.3 Å². The Morgan fingerprint density at radius 2 is 1.85 bits per heavy atom. The fraction of sp³-hybridized carbons (Fsp3) is 0.316. The summed E-state index contributed by atoms with van der Waals surface area (Å²) in [5, 5.41) is 4.95. The molecule has 8 heteroatoms. The van der Waals surface area contributed by atoms with Crippen LogP contribution >= 0.6 is 22.7 Å². The first-order valence-corrected chi connectivity index (χ1v) is 12.1. The van der Waals surface area contributed by atoms with Crippen molar-refractivity contribution in [2.24, 2.45) is 0 Å². The zero-order valence-electron chi connectivity index (χ0n) is 14.7. The van der Waals surface area contributed by atoms with Gasteiger partial charge in [0.05, 0.1) is 5.69 Å². The highest BCUT2D eigenvalue weighted by molar-refractivity contribution is 7.91. The number of nitrogens with one attached hydrogen (secondary N) is 1. The summed E-state index contributed by atoms with van der Waals surface area (Å²) in [5.41, 5.74) is 2.23. The van der Waals surface area contributed by atoms with Gasteiger partial charge in [0, 0.05) is 36.6 Å². The summed E-state index contributed by atoms with van der Waals surface area (Å²) in [4.78, 5) is 7.10. The van der Waals surface area contributed by atoms with E-state index >= 15 is 0 Å². The Labute approximate surface area is 167 Å². The molecule has 0 radical (unpaired) electrons. The Kier molecular flexibility index (Phi) is 5.70. The maximum Gasteiger partial charge on any atom is 0.250 e. The van der Waals surface area contributed by atoms with Crippen LogP contribution in [0.25, 0.3) is 10.6 Å². The van der Waals surface area contributed by atoms with Crippen molar-refractivity contribution in [3.63, 3.8) is 0 Å². The van der Waals surface area contributed by atoms with Crippen LogP contribution in [-0.2, 0) is 16.6 Å². The van der Waals surface area contributed by atoms with Gasteiger partial charge in [0.2, 0.25) is 10.0 Å². The molecular formula is C19H21N3O2S3. The van der Waals surface area contributed by atoms with Crippen molar-refractivity contribution in [3.05, 3.63) is 58.9 Å². The van der Waals surface area contributed by atoms with Crippen LogP contribution < -0.4 is 4.72 Å². The third-order valence-electron chi connectivity index (χ3n) is 4.63. The molecule has 142 valence electrons. The third kappa shape index (κ3) is 4.64. The van der Waals surface area contributed by atoms with Gasteiger partial charge in [-0.05, 0) is 24.3 Å². The van der Waals surface area contributed by atoms with E-state index in [4.69, 9.17) is 4.98 Å². The minimum Gasteiger partial charge on any atom is -0.297 e. The molecular weight excluding hydrogens is 398 g/mol. The Morgan fingerprint density at radius 1 is 1.07 bits per heavy atom. The molecule has 0 unspecified atom stereocenters. The van der Waals surface area contributed by atoms with Crippen LogP contribution in [0.15, 0.2) is 57.4 Å². The zero-order valence-corrected chi connectivity index (χ0v) is 17.2. The highest BCUT2D eigenvalue weighted by Gasteiger charge is 2.25. The molecule has 1 aliphatic rings. The van der Waals surface area contributed by atoms with Crippen molar-refractivity contribution in [1.29, 1.82) is 0 Å². The second kappa shape index (κ2) is 8.20. The largest absolute Gasteiger partial charge is 0.297 e. The number of likely N-dealkylation sites (tertiary alicyclic amines) is 1. The number of sulfonamides is 1. The van der Waals surface area contributed by atoms with Crippen molar-refractivity contribution in [1.82, 2.24) is 14.6 Å². The van der Waals surface area contributed by atoms with E-state index in [2.05, 4.69) is 27.1 Å². The van der Waals surface area contributed by atoms with E-state index in [-0.39, 0.29) is 6.04 Å². The van der Waals surface area contributed by atoms with Gasteiger partial charge < -0.3 is 0 Å². The molecule has 0 spiro atoms. The predicted molar refractivity (Wildman–Crippen MR) is 110 cm³/mol. The van der Waals surface area contributed by atoms with Crippen LogP contribution in [0.2, 0.25) is 0 Å². The normalized spacial score (nSPS) is 16.6. The van der Waals surface area contributed by atoms with E-state index < -0.39 is 10.0 Å². The summed E-state index contributed by atoms with van der Waals surface area (Å²) in [6.07, 6.45) is 1.64. The number of aromatic nitrogens is 1. The Balaban J connectivity index is 1.31. The average molecular weight is 420 g/mol. The first-order valence-electron chi connectivity index (χ1n) is 8.88. The smallest absolute Gasteiger partial charge is 0.250 e. The van der Waals surface area contributed by atoms with Crippen LogP contribution in [0, 0.1) is 0 Å². The topological polar surface area (TPSA) is 62.3 Å². The summed E-state index contributed by atoms with van der Waals surface area (Å²) in [7, 11) is -3.38. The number of hydrogen-bond acceptors (Lipinski definition) is 6. The fourth-order valence-corrected chi connectivity index (χ4v) is 6.36. The third-order valence-corrected chi connectivity index (χ3v) is 8.49. The highest BCUT2D eigenvalue weighted by Crippen LogP contribution is 2.25. The van der Waals surface area contributed by atoms with E-state index in [1.54, 1.807) is 28.8 Å². The molecule has 5 nitrogen and oxygen atoms in total. The molecule has 1 N–H and O–H groups in total. The first kappa shape index (κ1) is 18.8. The van der Waals surface area contributed by atoms with Crippen molar-refractivity contribution in [3.8, 4) is 10.6 Å². The average Bonchev–Trinajstić information content (AvgIpc) is 3.36. The molecule has 1 fully saturated rings. The van der Waals surface area contributed by atoms with Gasteiger partial charge >= 0.3 is 0 Å². The van der Waals surface area contributed by atoms with Gasteiger partial charge in [0.15, 0.2) is 0 Å². The molecule has 1 aromatic carbocycles. The summed E-state index contributed by atoms with van der Waals surface area (Å²) < 4.78 is 27.9. The first-order chi connectivity index (χ1) is 13.1. The fourth-order valence-electron chi connectivity index (χ4n) is 3.22. The summed E-state index contributed by atoms with van der Waals surface area (Å²) >= 11 is 2.92. The molecule has 2 aromatic heterocycles. The molecule has 1 aliphatic heterocycles. The lowest BCUT2D eigenvalue weighted by atomic mass is 10.1. The summed E-state index contributed by atoms with van der Waals surface area (Å²) in [6.45, 7) is 2.55. The molecule has 0 saturated carbocycles. The number of piperidine rings is 1. The van der Waals surface area contributed by atoms with Crippen molar-refractivity contribution < 1.29 is 8.42 Å². The molecule has 0 bridgehead atoms. The molecule has 27 heavy (non-hydrogen) atoms. The lowest BCUT2D eigenvalue weighted by Crippen LogP contribution is -2.44. The SMILES string of the molecule is O=S(=O)(NC1CCN(Cc2csc(-c3ccccc3)n2)CC1)c1cccs1. The van der Waals surface area contributed by atoms with Gasteiger partial charge in [0.1, 0.15) is 9.22 Å². The van der Waals surface area contributed by atoms with Crippen molar-refractivity contribution in [2.45, 2.75) is 29.6 Å². The van der Waals surface area contributed by atoms with Crippen LogP contribution in [0.4, 0.5) is 0 Å². The van der Waals surface area contributed by atoms with Gasteiger partial charge in [-0.1, -0.05) is 36.4 Å². The van der Waals surface area contributed by atoms with Crippen LogP contribution in [0.1, 0.15) is 18.5 Å². The quantitative estimate of drug-likeness (QED) is 0.660. The molecule has 4 rings (SSSR count).